The summed E-state index contributed by atoms with van der Waals surface area (Å²) in [5, 5.41) is 21.1. The number of non-ortho nitro benzene ring substituents is 2. The van der Waals surface area contributed by atoms with Gasteiger partial charge in [0.25, 0.3) is 11.4 Å². The number of benzene rings is 2. The van der Waals surface area contributed by atoms with Gasteiger partial charge in [-0.3, -0.25) is 25.0 Å². The Balaban J connectivity index is 2.20. The number of nitrogens with zero attached hydrogens (tertiary/aromatic N) is 2. The topological polar surface area (TPSA) is 137 Å². The Morgan fingerprint density at radius 1 is 0.833 bits per heavy atom. The van der Waals surface area contributed by atoms with E-state index in [1.807, 2.05) is 0 Å². The minimum absolute atomic E-state index is 0.0195. The standard InChI is InChI=1S/C14H10N2O7S/c17-14(10-1-3-11(4-2-10)15(18)19)9-24(22,23)13-7-5-12(6-8-13)16(20)21/h1-8H,9H2. The van der Waals surface area contributed by atoms with E-state index in [1.165, 1.54) is 12.1 Å². The molecule has 0 fully saturated rings. The number of carbonyl (C=O) groups is 1. The Morgan fingerprint density at radius 3 is 1.67 bits per heavy atom. The molecule has 10 heteroatoms. The second-order valence-corrected chi connectivity index (χ2v) is 6.73. The van der Waals surface area contributed by atoms with Crippen LogP contribution in [0.1, 0.15) is 10.4 Å². The molecule has 0 heterocycles. The molecule has 0 saturated heterocycles. The zero-order valence-corrected chi connectivity index (χ0v) is 12.8. The van der Waals surface area contributed by atoms with Crippen LogP contribution in [-0.4, -0.2) is 29.8 Å². The van der Waals surface area contributed by atoms with Gasteiger partial charge in [-0.15, -0.1) is 0 Å². The van der Waals surface area contributed by atoms with Crippen molar-refractivity contribution >= 4 is 27.0 Å². The second-order valence-electron chi connectivity index (χ2n) is 4.74. The van der Waals surface area contributed by atoms with Crippen LogP contribution in [0.25, 0.3) is 0 Å². The Kier molecular flexibility index (Phi) is 4.69. The molecule has 0 aliphatic heterocycles. The van der Waals surface area contributed by atoms with Gasteiger partial charge in [-0.05, 0) is 24.3 Å². The van der Waals surface area contributed by atoms with Gasteiger partial charge in [-0.2, -0.15) is 0 Å². The van der Waals surface area contributed by atoms with Crippen molar-refractivity contribution in [1.82, 2.24) is 0 Å². The minimum atomic E-state index is -3.98. The molecule has 9 nitrogen and oxygen atoms in total. The highest BCUT2D eigenvalue weighted by Crippen LogP contribution is 2.19. The number of sulfone groups is 1. The monoisotopic (exact) mass is 350 g/mol. The second kappa shape index (κ2) is 6.54. The fourth-order valence-electron chi connectivity index (χ4n) is 1.88. The van der Waals surface area contributed by atoms with Gasteiger partial charge in [0, 0.05) is 29.8 Å². The maximum absolute atomic E-state index is 12.2. The van der Waals surface area contributed by atoms with E-state index in [2.05, 4.69) is 0 Å². The van der Waals surface area contributed by atoms with Crippen LogP contribution in [0.2, 0.25) is 0 Å². The lowest BCUT2D eigenvalue weighted by atomic mass is 10.1. The van der Waals surface area contributed by atoms with Crippen LogP contribution >= 0.6 is 0 Å². The molecular formula is C14H10N2O7S. The van der Waals surface area contributed by atoms with E-state index < -0.39 is 31.2 Å². The van der Waals surface area contributed by atoms with E-state index in [0.29, 0.717) is 0 Å². The van der Waals surface area contributed by atoms with Gasteiger partial charge < -0.3 is 0 Å². The number of carbonyl (C=O) groups excluding carboxylic acids is 1. The first kappa shape index (κ1) is 17.2. The third kappa shape index (κ3) is 3.79. The zero-order valence-electron chi connectivity index (χ0n) is 12.0. The van der Waals surface area contributed by atoms with Gasteiger partial charge >= 0.3 is 0 Å². The number of hydrogen-bond acceptors (Lipinski definition) is 7. The summed E-state index contributed by atoms with van der Waals surface area (Å²) in [7, 11) is -3.98. The normalized spacial score (nSPS) is 11.0. The van der Waals surface area contributed by atoms with Gasteiger partial charge in [0.2, 0.25) is 0 Å². The summed E-state index contributed by atoms with van der Waals surface area (Å²) in [6.07, 6.45) is 0. The summed E-state index contributed by atoms with van der Waals surface area (Å²) in [5.41, 5.74) is -0.466. The average Bonchev–Trinajstić information content (AvgIpc) is 2.54. The van der Waals surface area contributed by atoms with Gasteiger partial charge in [0.05, 0.1) is 14.7 Å². The van der Waals surface area contributed by atoms with Crippen LogP contribution in [0.5, 0.6) is 0 Å². The highest BCUT2D eigenvalue weighted by atomic mass is 32.2. The highest BCUT2D eigenvalue weighted by Gasteiger charge is 2.21. The highest BCUT2D eigenvalue weighted by molar-refractivity contribution is 7.92. The molecule has 0 saturated carbocycles. The number of hydrogen-bond donors (Lipinski definition) is 0. The molecule has 0 bridgehead atoms. The molecule has 0 aliphatic rings. The van der Waals surface area contributed by atoms with Gasteiger partial charge in [0.15, 0.2) is 15.6 Å². The SMILES string of the molecule is O=C(CS(=O)(=O)c1ccc([N+](=O)[O-])cc1)c1ccc([N+](=O)[O-])cc1. The predicted molar refractivity (Wildman–Crippen MR) is 82.6 cm³/mol. The lowest BCUT2D eigenvalue weighted by Gasteiger charge is -2.04. The maximum Gasteiger partial charge on any atom is 0.269 e. The van der Waals surface area contributed by atoms with E-state index >= 15 is 0 Å². The van der Waals surface area contributed by atoms with Crippen molar-refractivity contribution in [2.75, 3.05) is 5.75 Å². The first-order chi connectivity index (χ1) is 11.2. The van der Waals surface area contributed by atoms with E-state index in [1.54, 1.807) is 0 Å². The Morgan fingerprint density at radius 2 is 1.25 bits per heavy atom. The molecular weight excluding hydrogens is 340 g/mol. The van der Waals surface area contributed by atoms with Gasteiger partial charge in [-0.1, -0.05) is 0 Å². The van der Waals surface area contributed by atoms with Crippen molar-refractivity contribution in [1.29, 1.82) is 0 Å². The van der Waals surface area contributed by atoms with Crippen molar-refractivity contribution < 1.29 is 23.1 Å². The Labute approximate surface area is 135 Å². The smallest absolute Gasteiger partial charge is 0.269 e. The lowest BCUT2D eigenvalue weighted by molar-refractivity contribution is -0.385. The number of ketones is 1. The number of Topliss-reactive ketones (excluding diaryl/α,β-unsaturated/α-hetero) is 1. The molecule has 0 atom stereocenters. The summed E-state index contributed by atoms with van der Waals surface area (Å²) >= 11 is 0. The summed E-state index contributed by atoms with van der Waals surface area (Å²) < 4.78 is 24.3. The molecule has 2 aromatic carbocycles. The van der Waals surface area contributed by atoms with Crippen LogP contribution < -0.4 is 0 Å². The van der Waals surface area contributed by atoms with Gasteiger partial charge in [-0.25, -0.2) is 8.42 Å². The molecule has 0 aromatic heterocycles. The summed E-state index contributed by atoms with van der Waals surface area (Å²) in [6.45, 7) is 0. The van der Waals surface area contributed by atoms with Crippen molar-refractivity contribution in [2.24, 2.45) is 0 Å². The fraction of sp³-hybridized carbons (Fsp3) is 0.0714. The summed E-state index contributed by atoms with van der Waals surface area (Å²) in [6, 6.07) is 8.72. The van der Waals surface area contributed by atoms with E-state index in [0.717, 1.165) is 36.4 Å². The van der Waals surface area contributed by atoms with E-state index in [9.17, 15) is 33.4 Å². The average molecular weight is 350 g/mol. The van der Waals surface area contributed by atoms with Crippen molar-refractivity contribution in [3.63, 3.8) is 0 Å². The zero-order chi connectivity index (χ0) is 17.9. The fourth-order valence-corrected chi connectivity index (χ4v) is 3.11. The maximum atomic E-state index is 12.2. The Hall–Kier alpha value is -3.14. The molecule has 0 unspecified atom stereocenters. The van der Waals surface area contributed by atoms with Gasteiger partial charge in [0.1, 0.15) is 5.75 Å². The van der Waals surface area contributed by atoms with Crippen molar-refractivity contribution in [2.45, 2.75) is 4.90 Å². The lowest BCUT2D eigenvalue weighted by Crippen LogP contribution is -2.16. The van der Waals surface area contributed by atoms with Crippen LogP contribution in [0, 0.1) is 20.2 Å². The molecule has 0 amide bonds. The number of nitro groups is 2. The van der Waals surface area contributed by atoms with Crippen LogP contribution in [-0.2, 0) is 9.84 Å². The third-order valence-corrected chi connectivity index (χ3v) is 4.76. The van der Waals surface area contributed by atoms with E-state index in [4.69, 9.17) is 0 Å². The van der Waals surface area contributed by atoms with Crippen molar-refractivity contribution in [3.05, 3.63) is 74.3 Å². The molecule has 0 N–H and O–H groups in total. The van der Waals surface area contributed by atoms with Crippen molar-refractivity contribution in [3.8, 4) is 0 Å². The molecule has 2 aromatic rings. The molecule has 124 valence electrons. The Bertz CT molecular complexity index is 903. The minimum Gasteiger partial charge on any atom is -0.293 e. The third-order valence-electron chi connectivity index (χ3n) is 3.13. The first-order valence-electron chi connectivity index (χ1n) is 6.45. The summed E-state index contributed by atoms with van der Waals surface area (Å²) in [4.78, 5) is 31.6. The van der Waals surface area contributed by atoms with Crippen LogP contribution in [0.3, 0.4) is 0 Å². The predicted octanol–water partition coefficient (Wildman–Crippen LogP) is 2.16. The number of rotatable bonds is 6. The molecule has 24 heavy (non-hydrogen) atoms. The summed E-state index contributed by atoms with van der Waals surface area (Å²) in [5.74, 6) is -1.58. The molecule has 0 spiro atoms. The van der Waals surface area contributed by atoms with Crippen LogP contribution in [0.15, 0.2) is 53.4 Å². The molecule has 0 aliphatic carbocycles. The molecule has 0 radical (unpaired) electrons. The first-order valence-corrected chi connectivity index (χ1v) is 8.11. The largest absolute Gasteiger partial charge is 0.293 e. The molecule has 2 rings (SSSR count). The van der Waals surface area contributed by atoms with Crippen LogP contribution in [0.4, 0.5) is 11.4 Å². The quantitative estimate of drug-likeness (QED) is 0.442. The van der Waals surface area contributed by atoms with E-state index in [-0.39, 0.29) is 21.8 Å². The number of nitro benzene ring substituents is 2.